The van der Waals surface area contributed by atoms with E-state index in [0.717, 1.165) is 12.1 Å². The minimum atomic E-state index is -0.174. The molecule has 0 unspecified atom stereocenters. The van der Waals surface area contributed by atoms with Crippen LogP contribution in [-0.2, 0) is 0 Å². The highest BCUT2D eigenvalue weighted by Gasteiger charge is 2.21. The molecule has 0 aromatic heterocycles. The van der Waals surface area contributed by atoms with Gasteiger partial charge in [0, 0.05) is 18.2 Å². The van der Waals surface area contributed by atoms with E-state index in [9.17, 15) is 4.39 Å². The van der Waals surface area contributed by atoms with Crippen LogP contribution in [0, 0.1) is 17.2 Å². The second-order valence-electron chi connectivity index (χ2n) is 7.10. The van der Waals surface area contributed by atoms with Crippen LogP contribution in [0.1, 0.15) is 58.4 Å². The van der Waals surface area contributed by atoms with Crippen LogP contribution in [0.4, 0.5) is 4.39 Å². The van der Waals surface area contributed by atoms with Gasteiger partial charge in [-0.25, -0.2) is 4.39 Å². The van der Waals surface area contributed by atoms with E-state index in [4.69, 9.17) is 4.99 Å². The average molecular weight is 275 g/mol. The molecule has 0 N–H and O–H groups in total. The van der Waals surface area contributed by atoms with E-state index in [2.05, 4.69) is 20.8 Å². The van der Waals surface area contributed by atoms with E-state index < -0.39 is 0 Å². The second kappa shape index (κ2) is 6.51. The van der Waals surface area contributed by atoms with Gasteiger partial charge in [-0.3, -0.25) is 4.99 Å². The summed E-state index contributed by atoms with van der Waals surface area (Å²) in [5.41, 5.74) is 2.49. The van der Waals surface area contributed by atoms with Crippen LogP contribution in [0.15, 0.2) is 29.3 Å². The third-order valence-corrected chi connectivity index (χ3v) is 3.86. The zero-order chi connectivity index (χ0) is 14.6. The fraction of sp³-hybridized carbons (Fsp3) is 0.611. The maximum absolute atomic E-state index is 13.1. The van der Waals surface area contributed by atoms with Crippen LogP contribution in [0.3, 0.4) is 0 Å². The van der Waals surface area contributed by atoms with Crippen molar-refractivity contribution in [2.75, 3.05) is 6.54 Å². The molecule has 2 rings (SSSR count). The Bertz CT molecular complexity index is 447. The Kier molecular flexibility index (Phi) is 4.95. The molecule has 20 heavy (non-hydrogen) atoms. The Labute approximate surface area is 122 Å². The van der Waals surface area contributed by atoms with Gasteiger partial charge >= 0.3 is 0 Å². The van der Waals surface area contributed by atoms with Crippen molar-refractivity contribution >= 4 is 5.71 Å². The number of hydrogen-bond acceptors (Lipinski definition) is 1. The molecule has 0 spiro atoms. The third kappa shape index (κ3) is 4.43. The summed E-state index contributed by atoms with van der Waals surface area (Å²) in [4.78, 5) is 4.91. The monoisotopic (exact) mass is 275 g/mol. The van der Waals surface area contributed by atoms with Crippen LogP contribution >= 0.6 is 0 Å². The first-order valence-corrected chi connectivity index (χ1v) is 7.76. The maximum Gasteiger partial charge on any atom is 0.123 e. The smallest absolute Gasteiger partial charge is 0.123 e. The highest BCUT2D eigenvalue weighted by molar-refractivity contribution is 6.02. The molecule has 0 amide bonds. The number of hydrogen-bond donors (Lipinski definition) is 0. The van der Waals surface area contributed by atoms with Crippen molar-refractivity contribution in [3.05, 3.63) is 35.6 Å². The number of aliphatic imine (C=N–C) groups is 1. The predicted molar refractivity (Wildman–Crippen MR) is 83.8 cm³/mol. The number of nitrogens with zero attached hydrogens (tertiary/aromatic N) is 1. The van der Waals surface area contributed by atoms with Crippen molar-refractivity contribution < 1.29 is 4.39 Å². The Morgan fingerprint density at radius 1 is 1.10 bits per heavy atom. The standard InChI is InChI=1S/C18H26FN/c1-18(2,3)13-20-17(14-7-5-4-6-8-14)15-9-11-16(19)12-10-15/h9-12,14H,4-8,13H2,1-3H3. The molecule has 0 atom stereocenters. The van der Waals surface area contributed by atoms with Crippen molar-refractivity contribution in [3.8, 4) is 0 Å². The number of halogens is 1. The van der Waals surface area contributed by atoms with Gasteiger partial charge < -0.3 is 0 Å². The molecule has 0 aliphatic heterocycles. The van der Waals surface area contributed by atoms with Crippen LogP contribution in [0.2, 0.25) is 0 Å². The Hall–Kier alpha value is -1.18. The molecule has 0 bridgehead atoms. The topological polar surface area (TPSA) is 12.4 Å². The summed E-state index contributed by atoms with van der Waals surface area (Å²) < 4.78 is 13.1. The highest BCUT2D eigenvalue weighted by atomic mass is 19.1. The van der Waals surface area contributed by atoms with Gasteiger partial charge in [-0.1, -0.05) is 52.2 Å². The van der Waals surface area contributed by atoms with E-state index in [1.54, 1.807) is 12.1 Å². The van der Waals surface area contributed by atoms with Gasteiger partial charge in [0.25, 0.3) is 0 Å². The molecule has 1 aromatic rings. The summed E-state index contributed by atoms with van der Waals surface area (Å²) in [6.45, 7) is 7.45. The van der Waals surface area contributed by atoms with E-state index in [0.29, 0.717) is 5.92 Å². The van der Waals surface area contributed by atoms with Gasteiger partial charge in [-0.2, -0.15) is 0 Å². The minimum Gasteiger partial charge on any atom is -0.288 e. The van der Waals surface area contributed by atoms with E-state index in [-0.39, 0.29) is 11.2 Å². The van der Waals surface area contributed by atoms with Gasteiger partial charge in [0.15, 0.2) is 0 Å². The van der Waals surface area contributed by atoms with Crippen molar-refractivity contribution in [2.45, 2.75) is 52.9 Å². The van der Waals surface area contributed by atoms with Crippen molar-refractivity contribution in [1.82, 2.24) is 0 Å². The normalized spacial score (nSPS) is 18.3. The van der Waals surface area contributed by atoms with E-state index >= 15 is 0 Å². The highest BCUT2D eigenvalue weighted by Crippen LogP contribution is 2.28. The summed E-state index contributed by atoms with van der Waals surface area (Å²) >= 11 is 0. The van der Waals surface area contributed by atoms with Crippen molar-refractivity contribution in [3.63, 3.8) is 0 Å². The third-order valence-electron chi connectivity index (χ3n) is 3.86. The molecule has 0 heterocycles. The summed E-state index contributed by atoms with van der Waals surface area (Å²) in [5, 5.41) is 0. The molecular weight excluding hydrogens is 249 g/mol. The van der Waals surface area contributed by atoms with Crippen molar-refractivity contribution in [2.24, 2.45) is 16.3 Å². The van der Waals surface area contributed by atoms with Crippen LogP contribution in [0.5, 0.6) is 0 Å². The van der Waals surface area contributed by atoms with Crippen LogP contribution < -0.4 is 0 Å². The Balaban J connectivity index is 2.25. The van der Waals surface area contributed by atoms with Gasteiger partial charge in [0.2, 0.25) is 0 Å². The molecule has 1 saturated carbocycles. The lowest BCUT2D eigenvalue weighted by atomic mass is 9.83. The molecule has 1 fully saturated rings. The minimum absolute atomic E-state index is 0.174. The molecule has 0 radical (unpaired) electrons. The predicted octanol–water partition coefficient (Wildman–Crippen LogP) is 5.24. The molecule has 1 aromatic carbocycles. The van der Waals surface area contributed by atoms with Gasteiger partial charge in [0.05, 0.1) is 0 Å². The zero-order valence-electron chi connectivity index (χ0n) is 13.0. The largest absolute Gasteiger partial charge is 0.288 e. The first-order chi connectivity index (χ1) is 9.46. The fourth-order valence-corrected chi connectivity index (χ4v) is 2.78. The molecule has 1 aliphatic carbocycles. The Morgan fingerprint density at radius 3 is 2.25 bits per heavy atom. The maximum atomic E-state index is 13.1. The molecule has 1 aliphatic rings. The molecule has 1 nitrogen and oxygen atoms in total. The first-order valence-electron chi connectivity index (χ1n) is 7.76. The molecule has 0 saturated heterocycles. The van der Waals surface area contributed by atoms with Crippen LogP contribution in [-0.4, -0.2) is 12.3 Å². The molecule has 110 valence electrons. The van der Waals surface area contributed by atoms with Gasteiger partial charge in [-0.15, -0.1) is 0 Å². The lowest BCUT2D eigenvalue weighted by molar-refractivity contribution is 0.418. The summed E-state index contributed by atoms with van der Waals surface area (Å²) in [5.74, 6) is 0.379. The molecular formula is C18H26FN. The lowest BCUT2D eigenvalue weighted by Gasteiger charge is -2.25. The Morgan fingerprint density at radius 2 is 1.70 bits per heavy atom. The summed E-state index contributed by atoms with van der Waals surface area (Å²) in [6.07, 6.45) is 6.37. The number of benzene rings is 1. The zero-order valence-corrected chi connectivity index (χ0v) is 13.0. The summed E-state index contributed by atoms with van der Waals surface area (Å²) in [7, 11) is 0. The fourth-order valence-electron chi connectivity index (χ4n) is 2.78. The summed E-state index contributed by atoms with van der Waals surface area (Å²) in [6, 6.07) is 6.85. The van der Waals surface area contributed by atoms with E-state index in [1.807, 2.05) is 12.1 Å². The number of rotatable bonds is 3. The lowest BCUT2D eigenvalue weighted by Crippen LogP contribution is -2.21. The quantitative estimate of drug-likeness (QED) is 0.669. The first kappa shape index (κ1) is 15.2. The SMILES string of the molecule is CC(C)(C)CN=C(c1ccc(F)cc1)C1CCCCC1. The van der Waals surface area contributed by atoms with Gasteiger partial charge in [0.1, 0.15) is 5.82 Å². The molecule has 2 heteroatoms. The van der Waals surface area contributed by atoms with Gasteiger partial charge in [-0.05, 0) is 36.0 Å². The average Bonchev–Trinajstić information content (AvgIpc) is 2.41. The van der Waals surface area contributed by atoms with Crippen LogP contribution in [0.25, 0.3) is 0 Å². The second-order valence-corrected chi connectivity index (χ2v) is 7.10. The van der Waals surface area contributed by atoms with Crippen molar-refractivity contribution in [1.29, 1.82) is 0 Å². The van der Waals surface area contributed by atoms with E-state index in [1.165, 1.54) is 37.8 Å².